The molecular weight excluding hydrogens is 356 g/mol. The molecule has 1 heterocycles. The Kier molecular flexibility index (Phi) is 6.39. The fourth-order valence-electron chi connectivity index (χ4n) is 3.03. The number of hydrogen-bond acceptors (Lipinski definition) is 5. The maximum absolute atomic E-state index is 11.4. The average Bonchev–Trinajstić information content (AvgIpc) is 3.13. The van der Waals surface area contributed by atoms with Crippen LogP contribution in [0.25, 0.3) is 23.1 Å². The van der Waals surface area contributed by atoms with Crippen LogP contribution in [0.15, 0.2) is 42.5 Å². The average molecular weight is 380 g/mol. The van der Waals surface area contributed by atoms with Crippen LogP contribution in [0.3, 0.4) is 0 Å². The molecule has 0 amide bonds. The number of hydrogen-bond donors (Lipinski definition) is 1. The highest BCUT2D eigenvalue weighted by Crippen LogP contribution is 2.27. The Morgan fingerprint density at radius 3 is 2.71 bits per heavy atom. The number of fused-ring (bicyclic) bond motifs is 1. The van der Waals surface area contributed by atoms with E-state index in [1.807, 2.05) is 24.3 Å². The molecule has 2 aromatic carbocycles. The van der Waals surface area contributed by atoms with Gasteiger partial charge in [0.25, 0.3) is 5.69 Å². The third-order valence-corrected chi connectivity index (χ3v) is 4.69. The van der Waals surface area contributed by atoms with E-state index in [0.29, 0.717) is 17.9 Å². The fraction of sp³-hybridized carbons (Fsp3) is 0.286. The number of ether oxygens (including phenoxy) is 1. The van der Waals surface area contributed by atoms with Crippen molar-refractivity contribution in [2.75, 3.05) is 26.2 Å². The molecule has 0 aliphatic rings. The normalized spacial score (nSPS) is 11.5. The SMILES string of the molecule is CCN(CC)CCOc1ccc([N+](=O)[O-])c(C=Cc2n[nH]c3ccccc23)c1. The van der Waals surface area contributed by atoms with E-state index in [2.05, 4.69) is 28.9 Å². The van der Waals surface area contributed by atoms with E-state index in [0.717, 1.165) is 36.2 Å². The molecule has 7 heteroatoms. The Balaban J connectivity index is 1.81. The molecule has 0 unspecified atom stereocenters. The van der Waals surface area contributed by atoms with E-state index in [1.165, 1.54) is 6.07 Å². The highest BCUT2D eigenvalue weighted by atomic mass is 16.6. The van der Waals surface area contributed by atoms with Gasteiger partial charge in [-0.3, -0.25) is 15.2 Å². The number of nitrogens with one attached hydrogen (secondary N) is 1. The van der Waals surface area contributed by atoms with Crippen molar-refractivity contribution < 1.29 is 9.66 Å². The lowest BCUT2D eigenvalue weighted by Gasteiger charge is -2.18. The van der Waals surface area contributed by atoms with Crippen molar-refractivity contribution in [2.45, 2.75) is 13.8 Å². The first-order valence-electron chi connectivity index (χ1n) is 9.37. The molecule has 3 rings (SSSR count). The molecule has 0 spiro atoms. The van der Waals surface area contributed by atoms with Crippen molar-refractivity contribution in [3.63, 3.8) is 0 Å². The standard InChI is InChI=1S/C21H24N4O3/c1-3-24(4-2)13-14-28-17-10-12-21(25(26)27)16(15-17)9-11-20-18-7-5-6-8-19(18)22-23-20/h5-12,15H,3-4,13-14H2,1-2H3,(H,22,23). The van der Waals surface area contributed by atoms with Gasteiger partial charge in [0.2, 0.25) is 0 Å². The molecule has 3 aromatic rings. The highest BCUT2D eigenvalue weighted by molar-refractivity contribution is 5.89. The first kappa shape index (κ1) is 19.6. The fourth-order valence-corrected chi connectivity index (χ4v) is 3.03. The predicted molar refractivity (Wildman–Crippen MR) is 111 cm³/mol. The highest BCUT2D eigenvalue weighted by Gasteiger charge is 2.13. The molecule has 0 aliphatic carbocycles. The number of aromatic amines is 1. The van der Waals surface area contributed by atoms with Gasteiger partial charge in [0.15, 0.2) is 0 Å². The summed E-state index contributed by atoms with van der Waals surface area (Å²) < 4.78 is 5.80. The lowest BCUT2D eigenvalue weighted by molar-refractivity contribution is -0.385. The Bertz CT molecular complexity index is 977. The van der Waals surface area contributed by atoms with E-state index in [1.54, 1.807) is 24.3 Å². The molecule has 0 atom stereocenters. The van der Waals surface area contributed by atoms with Crippen LogP contribution < -0.4 is 4.74 Å². The maximum atomic E-state index is 11.4. The maximum Gasteiger partial charge on any atom is 0.276 e. The van der Waals surface area contributed by atoms with Crippen molar-refractivity contribution in [3.8, 4) is 5.75 Å². The molecule has 0 saturated carbocycles. The molecule has 0 fully saturated rings. The lowest BCUT2D eigenvalue weighted by atomic mass is 10.1. The first-order valence-corrected chi connectivity index (χ1v) is 9.37. The zero-order valence-corrected chi connectivity index (χ0v) is 16.1. The van der Waals surface area contributed by atoms with Crippen molar-refractivity contribution in [2.24, 2.45) is 0 Å². The van der Waals surface area contributed by atoms with Gasteiger partial charge in [0.05, 0.1) is 21.7 Å². The van der Waals surface area contributed by atoms with Crippen LogP contribution in [-0.4, -0.2) is 46.3 Å². The van der Waals surface area contributed by atoms with E-state index < -0.39 is 0 Å². The lowest BCUT2D eigenvalue weighted by Crippen LogP contribution is -2.27. The van der Waals surface area contributed by atoms with Gasteiger partial charge >= 0.3 is 0 Å². The molecule has 0 bridgehead atoms. The molecule has 0 radical (unpaired) electrons. The summed E-state index contributed by atoms with van der Waals surface area (Å²) >= 11 is 0. The van der Waals surface area contributed by atoms with Gasteiger partial charge in [-0.15, -0.1) is 0 Å². The topological polar surface area (TPSA) is 84.3 Å². The Morgan fingerprint density at radius 1 is 1.18 bits per heavy atom. The van der Waals surface area contributed by atoms with Gasteiger partial charge in [-0.25, -0.2) is 0 Å². The van der Waals surface area contributed by atoms with Gasteiger partial charge in [-0.05, 0) is 43.4 Å². The van der Waals surface area contributed by atoms with E-state index in [-0.39, 0.29) is 10.6 Å². The third-order valence-electron chi connectivity index (χ3n) is 4.69. The minimum Gasteiger partial charge on any atom is -0.492 e. The molecule has 1 N–H and O–H groups in total. The van der Waals surface area contributed by atoms with Gasteiger partial charge in [-0.2, -0.15) is 5.10 Å². The van der Waals surface area contributed by atoms with E-state index in [9.17, 15) is 10.1 Å². The smallest absolute Gasteiger partial charge is 0.276 e. The van der Waals surface area contributed by atoms with Crippen LogP contribution in [0.1, 0.15) is 25.1 Å². The summed E-state index contributed by atoms with van der Waals surface area (Å²) in [6.45, 7) is 7.49. The molecule has 7 nitrogen and oxygen atoms in total. The summed E-state index contributed by atoms with van der Waals surface area (Å²) in [4.78, 5) is 13.3. The quantitative estimate of drug-likeness (QED) is 0.440. The van der Waals surface area contributed by atoms with Gasteiger partial charge in [0, 0.05) is 18.0 Å². The summed E-state index contributed by atoms with van der Waals surface area (Å²) in [5.74, 6) is 0.615. The largest absolute Gasteiger partial charge is 0.492 e. The number of benzene rings is 2. The minimum atomic E-state index is -0.387. The van der Waals surface area contributed by atoms with E-state index in [4.69, 9.17) is 4.74 Å². The number of nitro benzene ring substituents is 1. The van der Waals surface area contributed by atoms with Crippen LogP contribution in [0.5, 0.6) is 5.75 Å². The molecule has 1 aromatic heterocycles. The second-order valence-corrected chi connectivity index (χ2v) is 6.34. The van der Waals surface area contributed by atoms with Gasteiger partial charge in [-0.1, -0.05) is 32.0 Å². The summed E-state index contributed by atoms with van der Waals surface area (Å²) in [6.07, 6.45) is 3.48. The number of nitrogens with zero attached hydrogens (tertiary/aromatic N) is 3. The Labute approximate surface area is 163 Å². The number of para-hydroxylation sites is 1. The molecular formula is C21H24N4O3. The van der Waals surface area contributed by atoms with Gasteiger partial charge < -0.3 is 9.64 Å². The van der Waals surface area contributed by atoms with E-state index >= 15 is 0 Å². The Hall–Kier alpha value is -3.19. The second kappa shape index (κ2) is 9.14. The van der Waals surface area contributed by atoms with Crippen LogP contribution in [0, 0.1) is 10.1 Å². The summed E-state index contributed by atoms with van der Waals surface area (Å²) in [5, 5.41) is 19.6. The van der Waals surface area contributed by atoms with Crippen LogP contribution in [-0.2, 0) is 0 Å². The third kappa shape index (κ3) is 4.55. The van der Waals surface area contributed by atoms with Crippen molar-refractivity contribution in [1.29, 1.82) is 0 Å². The molecule has 146 valence electrons. The van der Waals surface area contributed by atoms with Crippen molar-refractivity contribution in [3.05, 3.63) is 63.8 Å². The second-order valence-electron chi connectivity index (χ2n) is 6.34. The van der Waals surface area contributed by atoms with Crippen LogP contribution in [0.4, 0.5) is 5.69 Å². The monoisotopic (exact) mass is 380 g/mol. The van der Waals surface area contributed by atoms with Crippen molar-refractivity contribution >= 4 is 28.7 Å². The minimum absolute atomic E-state index is 0.0344. The zero-order valence-electron chi connectivity index (χ0n) is 16.1. The summed E-state index contributed by atoms with van der Waals surface area (Å²) in [7, 11) is 0. The van der Waals surface area contributed by atoms with Crippen LogP contribution >= 0.6 is 0 Å². The number of H-pyrrole nitrogens is 1. The molecule has 0 saturated heterocycles. The molecule has 28 heavy (non-hydrogen) atoms. The zero-order chi connectivity index (χ0) is 19.9. The number of aromatic nitrogens is 2. The summed E-state index contributed by atoms with van der Waals surface area (Å²) in [6, 6.07) is 12.6. The Morgan fingerprint density at radius 2 is 1.96 bits per heavy atom. The van der Waals surface area contributed by atoms with Crippen LogP contribution in [0.2, 0.25) is 0 Å². The summed E-state index contributed by atoms with van der Waals surface area (Å²) in [5.41, 5.74) is 2.17. The van der Waals surface area contributed by atoms with Gasteiger partial charge in [0.1, 0.15) is 12.4 Å². The predicted octanol–water partition coefficient (Wildman–Crippen LogP) is 4.36. The van der Waals surface area contributed by atoms with Crippen molar-refractivity contribution in [1.82, 2.24) is 15.1 Å². The number of nitro groups is 1. The number of rotatable bonds is 9. The molecule has 0 aliphatic heterocycles. The number of likely N-dealkylation sites (N-methyl/N-ethyl adjacent to an activating group) is 1. The first-order chi connectivity index (χ1) is 13.6.